The minimum atomic E-state index is -1.09. The van der Waals surface area contributed by atoms with Crippen molar-refractivity contribution in [1.29, 1.82) is 0 Å². The molecule has 1 aromatic heterocycles. The number of carbonyl (C=O) groups is 1. The number of nitro groups is 1. The Morgan fingerprint density at radius 3 is 2.75 bits per heavy atom. The van der Waals surface area contributed by atoms with Crippen LogP contribution in [0.3, 0.4) is 0 Å². The fraction of sp³-hybridized carbons (Fsp3) is 0.167. The predicted molar refractivity (Wildman–Crippen MR) is 66.1 cm³/mol. The number of aromatic nitrogens is 2. The number of hydrogen-bond donors (Lipinski definition) is 1. The molecule has 0 spiro atoms. The molecule has 0 fully saturated rings. The van der Waals surface area contributed by atoms with Crippen molar-refractivity contribution in [3.63, 3.8) is 0 Å². The SMILES string of the molecule is Cc1c(C(=O)O)cnn1Cc1ccc([N+](=O)[O-])c(F)c1. The number of benzene rings is 1. The molecule has 0 aliphatic heterocycles. The number of carboxylic acid groups (broad SMARTS) is 1. The largest absolute Gasteiger partial charge is 0.478 e. The van der Waals surface area contributed by atoms with Crippen molar-refractivity contribution in [3.05, 3.63) is 57.1 Å². The van der Waals surface area contributed by atoms with E-state index in [9.17, 15) is 19.3 Å². The molecule has 2 rings (SSSR count). The molecule has 1 N–H and O–H groups in total. The van der Waals surface area contributed by atoms with Gasteiger partial charge in [-0.2, -0.15) is 9.49 Å². The second-order valence-electron chi connectivity index (χ2n) is 4.15. The summed E-state index contributed by atoms with van der Waals surface area (Å²) in [5, 5.41) is 23.3. The molecule has 104 valence electrons. The number of hydrogen-bond acceptors (Lipinski definition) is 4. The lowest BCUT2D eigenvalue weighted by atomic mass is 10.2. The van der Waals surface area contributed by atoms with Gasteiger partial charge in [0.2, 0.25) is 5.82 Å². The van der Waals surface area contributed by atoms with Crippen LogP contribution in [0.2, 0.25) is 0 Å². The number of carboxylic acids is 1. The predicted octanol–water partition coefficient (Wildman–Crippen LogP) is 1.99. The normalized spacial score (nSPS) is 10.5. The highest BCUT2D eigenvalue weighted by Gasteiger charge is 2.16. The molecule has 0 saturated carbocycles. The Labute approximate surface area is 112 Å². The van der Waals surface area contributed by atoms with Crippen molar-refractivity contribution in [1.82, 2.24) is 9.78 Å². The maximum absolute atomic E-state index is 13.5. The molecular formula is C12H10FN3O4. The summed E-state index contributed by atoms with van der Waals surface area (Å²) in [5.41, 5.74) is 0.344. The van der Waals surface area contributed by atoms with E-state index in [1.54, 1.807) is 6.92 Å². The Balaban J connectivity index is 2.29. The average molecular weight is 279 g/mol. The third-order valence-corrected chi connectivity index (χ3v) is 2.87. The Hall–Kier alpha value is -2.77. The van der Waals surface area contributed by atoms with Crippen molar-refractivity contribution in [2.24, 2.45) is 0 Å². The van der Waals surface area contributed by atoms with E-state index in [1.165, 1.54) is 16.9 Å². The van der Waals surface area contributed by atoms with E-state index in [2.05, 4.69) is 5.10 Å². The fourth-order valence-electron chi connectivity index (χ4n) is 1.79. The summed E-state index contributed by atoms with van der Waals surface area (Å²) in [4.78, 5) is 20.6. The molecule has 7 nitrogen and oxygen atoms in total. The zero-order chi connectivity index (χ0) is 14.9. The summed E-state index contributed by atoms with van der Waals surface area (Å²) >= 11 is 0. The monoisotopic (exact) mass is 279 g/mol. The van der Waals surface area contributed by atoms with Crippen molar-refractivity contribution < 1.29 is 19.2 Å². The number of halogens is 1. The van der Waals surface area contributed by atoms with Gasteiger partial charge < -0.3 is 5.11 Å². The molecule has 0 bridgehead atoms. The van der Waals surface area contributed by atoms with Gasteiger partial charge in [-0.1, -0.05) is 6.07 Å². The van der Waals surface area contributed by atoms with Gasteiger partial charge in [0.1, 0.15) is 5.56 Å². The Morgan fingerprint density at radius 1 is 1.55 bits per heavy atom. The summed E-state index contributed by atoms with van der Waals surface area (Å²) in [6, 6.07) is 3.52. The highest BCUT2D eigenvalue weighted by molar-refractivity contribution is 5.88. The van der Waals surface area contributed by atoms with Crippen LogP contribution in [0, 0.1) is 22.9 Å². The van der Waals surface area contributed by atoms with Crippen LogP contribution in [-0.2, 0) is 6.54 Å². The summed E-state index contributed by atoms with van der Waals surface area (Å²) in [5.74, 6) is -2.03. The molecular weight excluding hydrogens is 269 g/mol. The first-order chi connectivity index (χ1) is 9.40. The molecule has 0 saturated heterocycles. The lowest BCUT2D eigenvalue weighted by Crippen LogP contribution is -2.06. The maximum atomic E-state index is 13.5. The standard InChI is InChI=1S/C12H10FN3O4/c1-7-9(12(17)18)5-14-15(7)6-8-2-3-11(16(19)20)10(13)4-8/h2-5H,6H2,1H3,(H,17,18). The molecule has 0 atom stereocenters. The minimum Gasteiger partial charge on any atom is -0.478 e. The van der Waals surface area contributed by atoms with Gasteiger partial charge in [0.15, 0.2) is 0 Å². The zero-order valence-electron chi connectivity index (χ0n) is 10.4. The number of nitrogens with zero attached hydrogens (tertiary/aromatic N) is 3. The van der Waals surface area contributed by atoms with Crippen LogP contribution in [-0.4, -0.2) is 25.8 Å². The van der Waals surface area contributed by atoms with E-state index in [-0.39, 0.29) is 12.1 Å². The molecule has 8 heteroatoms. The number of nitro benzene ring substituents is 1. The van der Waals surface area contributed by atoms with Gasteiger partial charge in [-0.25, -0.2) is 4.79 Å². The van der Waals surface area contributed by atoms with Crippen LogP contribution in [0.1, 0.15) is 21.6 Å². The molecule has 0 aliphatic carbocycles. The maximum Gasteiger partial charge on any atom is 0.339 e. The lowest BCUT2D eigenvalue weighted by Gasteiger charge is -2.05. The first-order valence-electron chi connectivity index (χ1n) is 5.58. The quantitative estimate of drug-likeness (QED) is 0.681. The molecule has 2 aromatic rings. The van der Waals surface area contributed by atoms with Crippen LogP contribution >= 0.6 is 0 Å². The van der Waals surface area contributed by atoms with Gasteiger partial charge in [-0.3, -0.25) is 14.8 Å². The van der Waals surface area contributed by atoms with Gasteiger partial charge in [0.05, 0.1) is 23.4 Å². The molecule has 0 aliphatic rings. The summed E-state index contributed by atoms with van der Waals surface area (Å²) in [6.45, 7) is 1.71. The van der Waals surface area contributed by atoms with Crippen molar-refractivity contribution in [2.75, 3.05) is 0 Å². The van der Waals surface area contributed by atoms with E-state index in [4.69, 9.17) is 5.11 Å². The summed E-state index contributed by atoms with van der Waals surface area (Å²) in [6.07, 6.45) is 1.21. The zero-order valence-corrected chi connectivity index (χ0v) is 10.4. The van der Waals surface area contributed by atoms with E-state index in [0.29, 0.717) is 11.3 Å². The Kier molecular flexibility index (Phi) is 3.47. The van der Waals surface area contributed by atoms with Crippen molar-refractivity contribution >= 4 is 11.7 Å². The highest BCUT2D eigenvalue weighted by atomic mass is 19.1. The van der Waals surface area contributed by atoms with Crippen LogP contribution in [0.5, 0.6) is 0 Å². The van der Waals surface area contributed by atoms with Gasteiger partial charge in [0, 0.05) is 6.07 Å². The van der Waals surface area contributed by atoms with Gasteiger partial charge in [-0.15, -0.1) is 0 Å². The van der Waals surface area contributed by atoms with Gasteiger partial charge in [0.25, 0.3) is 0 Å². The molecule has 1 aromatic carbocycles. The number of aromatic carboxylic acids is 1. The third-order valence-electron chi connectivity index (χ3n) is 2.87. The molecule has 0 amide bonds. The first-order valence-corrected chi connectivity index (χ1v) is 5.58. The Bertz CT molecular complexity index is 696. The minimum absolute atomic E-state index is 0.0624. The van der Waals surface area contributed by atoms with Crippen molar-refractivity contribution in [3.8, 4) is 0 Å². The average Bonchev–Trinajstić information content (AvgIpc) is 2.70. The molecule has 0 unspecified atom stereocenters. The molecule has 1 heterocycles. The van der Waals surface area contributed by atoms with E-state index in [1.807, 2.05) is 0 Å². The van der Waals surface area contributed by atoms with Gasteiger partial charge in [-0.05, 0) is 18.6 Å². The molecule has 0 radical (unpaired) electrons. The van der Waals surface area contributed by atoms with E-state index in [0.717, 1.165) is 12.1 Å². The number of rotatable bonds is 4. The Morgan fingerprint density at radius 2 is 2.25 bits per heavy atom. The van der Waals surface area contributed by atoms with Crippen LogP contribution in [0.25, 0.3) is 0 Å². The lowest BCUT2D eigenvalue weighted by molar-refractivity contribution is -0.387. The third kappa shape index (κ3) is 2.48. The smallest absolute Gasteiger partial charge is 0.339 e. The van der Waals surface area contributed by atoms with E-state index >= 15 is 0 Å². The van der Waals surface area contributed by atoms with Crippen molar-refractivity contribution in [2.45, 2.75) is 13.5 Å². The molecule has 20 heavy (non-hydrogen) atoms. The first kappa shape index (κ1) is 13.7. The topological polar surface area (TPSA) is 98.3 Å². The summed E-state index contributed by atoms with van der Waals surface area (Å²) < 4.78 is 14.9. The van der Waals surface area contributed by atoms with Gasteiger partial charge >= 0.3 is 11.7 Å². The second-order valence-corrected chi connectivity index (χ2v) is 4.15. The second kappa shape index (κ2) is 5.08. The van der Waals surface area contributed by atoms with E-state index < -0.39 is 22.4 Å². The van der Waals surface area contributed by atoms with Crippen LogP contribution < -0.4 is 0 Å². The van der Waals surface area contributed by atoms with Crippen LogP contribution in [0.4, 0.5) is 10.1 Å². The van der Waals surface area contributed by atoms with Crippen LogP contribution in [0.15, 0.2) is 24.4 Å². The highest BCUT2D eigenvalue weighted by Crippen LogP contribution is 2.19. The summed E-state index contributed by atoms with van der Waals surface area (Å²) in [7, 11) is 0. The fourth-order valence-corrected chi connectivity index (χ4v) is 1.79.